The van der Waals surface area contributed by atoms with Crippen LogP contribution in [0, 0.1) is 0 Å². The van der Waals surface area contributed by atoms with Crippen LogP contribution in [0.4, 0.5) is 0 Å². The number of rotatable bonds is 62. The van der Waals surface area contributed by atoms with E-state index in [9.17, 15) is 35.1 Å². The third-order valence-corrected chi connectivity index (χ3v) is 17.0. The maximum absolute atomic E-state index is 13.5. The van der Waals surface area contributed by atoms with E-state index < -0.39 is 67.4 Å². The first-order valence-electron chi connectivity index (χ1n) is 35.8. The molecule has 1 rings (SSSR count). The van der Waals surface area contributed by atoms with Gasteiger partial charge in [0.2, 0.25) is 5.91 Å². The Balaban J connectivity index is 2.59. The molecule has 0 radical (unpaired) electrons. The van der Waals surface area contributed by atoms with Crippen LogP contribution >= 0.6 is 0 Å². The molecule has 1 saturated heterocycles. The SMILES string of the molecule is CCCCCCCC/C=C/CCCCCCCCCCCCCC(=O)OC1C(OCC(NC(=O)C(O)CCCCCCCCCCCC/C=C/CCCCCCCC)C(O)/C=C/CCCCCCCCCCCCC)OC(CO)C(O)C1O. The molecule has 0 aromatic carbocycles. The highest BCUT2D eigenvalue weighted by Gasteiger charge is 2.47. The molecule has 83 heavy (non-hydrogen) atoms. The Bertz CT molecular complexity index is 1490. The van der Waals surface area contributed by atoms with E-state index >= 15 is 0 Å². The lowest BCUT2D eigenvalue weighted by atomic mass is 9.99. The lowest BCUT2D eigenvalue weighted by Gasteiger charge is -2.41. The number of unbranched alkanes of at least 4 members (excludes halogenated alkanes) is 44. The highest BCUT2D eigenvalue weighted by atomic mass is 16.7. The number of allylic oxidation sites excluding steroid dienone is 5. The maximum Gasteiger partial charge on any atom is 0.306 e. The van der Waals surface area contributed by atoms with Crippen molar-refractivity contribution in [2.24, 2.45) is 0 Å². The fraction of sp³-hybridized carbons (Fsp3) is 0.889. The number of aliphatic hydroxyl groups is 5. The van der Waals surface area contributed by atoms with Gasteiger partial charge in [0, 0.05) is 6.42 Å². The summed E-state index contributed by atoms with van der Waals surface area (Å²) in [6.45, 7) is 5.84. The van der Waals surface area contributed by atoms with Gasteiger partial charge < -0.3 is 45.1 Å². The summed E-state index contributed by atoms with van der Waals surface area (Å²) >= 11 is 0. The Morgan fingerprint density at radius 3 is 1.17 bits per heavy atom. The van der Waals surface area contributed by atoms with Crippen LogP contribution in [0.5, 0.6) is 0 Å². The van der Waals surface area contributed by atoms with E-state index in [1.54, 1.807) is 6.08 Å². The van der Waals surface area contributed by atoms with Gasteiger partial charge in [-0.2, -0.15) is 0 Å². The molecule has 11 nitrogen and oxygen atoms in total. The Kier molecular flexibility index (Phi) is 57.2. The second-order valence-corrected chi connectivity index (χ2v) is 25.0. The summed E-state index contributed by atoms with van der Waals surface area (Å²) in [7, 11) is 0. The van der Waals surface area contributed by atoms with Crippen molar-refractivity contribution in [3.05, 3.63) is 36.5 Å². The fourth-order valence-corrected chi connectivity index (χ4v) is 11.3. The average Bonchev–Trinajstić information content (AvgIpc) is 3.58. The number of hydrogen-bond acceptors (Lipinski definition) is 10. The highest BCUT2D eigenvalue weighted by molar-refractivity contribution is 5.80. The molecule has 8 unspecified atom stereocenters. The van der Waals surface area contributed by atoms with Crippen molar-refractivity contribution < 1.29 is 49.3 Å². The van der Waals surface area contributed by atoms with Crippen LogP contribution in [-0.4, -0.2) is 99.6 Å². The number of esters is 1. The van der Waals surface area contributed by atoms with Gasteiger partial charge in [0.25, 0.3) is 0 Å². The van der Waals surface area contributed by atoms with Crippen LogP contribution in [0.15, 0.2) is 36.5 Å². The van der Waals surface area contributed by atoms with E-state index in [2.05, 4.69) is 50.4 Å². The molecule has 0 bridgehead atoms. The smallest absolute Gasteiger partial charge is 0.306 e. The summed E-state index contributed by atoms with van der Waals surface area (Å²) in [6.07, 6.45) is 63.2. The van der Waals surface area contributed by atoms with Crippen LogP contribution in [0.1, 0.15) is 348 Å². The molecule has 1 aliphatic rings. The van der Waals surface area contributed by atoms with Crippen molar-refractivity contribution in [1.82, 2.24) is 5.32 Å². The molecule has 1 amide bonds. The monoisotopic (exact) mass is 1170 g/mol. The Labute approximate surface area is 511 Å². The topological polar surface area (TPSA) is 175 Å². The summed E-state index contributed by atoms with van der Waals surface area (Å²) < 4.78 is 17.7. The first kappa shape index (κ1) is 78.9. The minimum absolute atomic E-state index is 0.126. The van der Waals surface area contributed by atoms with Crippen LogP contribution in [0.2, 0.25) is 0 Å². The number of nitrogens with one attached hydrogen (secondary N) is 1. The fourth-order valence-electron chi connectivity index (χ4n) is 11.3. The van der Waals surface area contributed by atoms with Crippen LogP contribution in [0.3, 0.4) is 0 Å². The minimum atomic E-state index is -1.61. The molecule has 8 atom stereocenters. The van der Waals surface area contributed by atoms with Gasteiger partial charge >= 0.3 is 5.97 Å². The summed E-state index contributed by atoms with van der Waals surface area (Å²) in [5.41, 5.74) is 0. The number of ether oxygens (including phenoxy) is 3. The van der Waals surface area contributed by atoms with Gasteiger partial charge in [-0.3, -0.25) is 9.59 Å². The third-order valence-electron chi connectivity index (χ3n) is 17.0. The second-order valence-electron chi connectivity index (χ2n) is 25.0. The molecule has 1 heterocycles. The van der Waals surface area contributed by atoms with Crippen LogP contribution in [0.25, 0.3) is 0 Å². The van der Waals surface area contributed by atoms with E-state index in [0.29, 0.717) is 19.3 Å². The average molecular weight is 1170 g/mol. The number of carbonyl (C=O) groups is 2. The van der Waals surface area contributed by atoms with Gasteiger partial charge in [0.1, 0.15) is 24.4 Å². The van der Waals surface area contributed by atoms with Gasteiger partial charge in [-0.15, -0.1) is 0 Å². The molecule has 0 aliphatic carbocycles. The summed E-state index contributed by atoms with van der Waals surface area (Å²) in [4.78, 5) is 26.7. The predicted octanol–water partition coefficient (Wildman–Crippen LogP) is 18.2. The quantitative estimate of drug-likeness (QED) is 0.0195. The molecular weight excluding hydrogens is 1040 g/mol. The van der Waals surface area contributed by atoms with E-state index in [0.717, 1.165) is 57.8 Å². The Morgan fingerprint density at radius 1 is 0.458 bits per heavy atom. The van der Waals surface area contributed by atoms with E-state index in [-0.39, 0.29) is 13.0 Å². The first-order valence-corrected chi connectivity index (χ1v) is 35.8. The standard InChI is InChI=1S/C72H135NO10/c1-4-7-10-13-16-19-22-25-27-29-31-33-35-37-39-42-45-48-51-54-57-60-67(77)83-70-69(79)68(78)66(61-74)82-72(70)81-62-63(64(75)58-55-52-49-46-43-40-24-21-18-15-12-9-6-3)73-71(80)65(76)59-56-53-50-47-44-41-38-36-34-32-30-28-26-23-20-17-14-11-8-5-2/h25-28,55,58,63-66,68-70,72,74-76,78-79H,4-24,29-54,56-57,59-62H2,1-3H3,(H,73,80)/b27-25+,28-26+,58-55+. The number of aliphatic hydroxyl groups excluding tert-OH is 5. The van der Waals surface area contributed by atoms with Gasteiger partial charge in [-0.1, -0.05) is 301 Å². The predicted molar refractivity (Wildman–Crippen MR) is 347 cm³/mol. The number of carbonyl (C=O) groups excluding carboxylic acids is 2. The van der Waals surface area contributed by atoms with Crippen molar-refractivity contribution >= 4 is 11.9 Å². The van der Waals surface area contributed by atoms with E-state index in [4.69, 9.17) is 14.2 Å². The molecule has 0 saturated carbocycles. The molecule has 1 fully saturated rings. The first-order chi connectivity index (χ1) is 40.7. The Morgan fingerprint density at radius 2 is 0.795 bits per heavy atom. The van der Waals surface area contributed by atoms with E-state index in [1.165, 1.54) is 244 Å². The van der Waals surface area contributed by atoms with Crippen LogP contribution < -0.4 is 5.32 Å². The summed E-state index contributed by atoms with van der Waals surface area (Å²) in [6, 6.07) is -1.02. The third kappa shape index (κ3) is 47.6. The number of hydrogen-bond donors (Lipinski definition) is 6. The summed E-state index contributed by atoms with van der Waals surface area (Å²) in [5.74, 6) is -1.18. The zero-order chi connectivity index (χ0) is 60.3. The highest BCUT2D eigenvalue weighted by Crippen LogP contribution is 2.26. The Hall–Kier alpha value is -2.12. The zero-order valence-electron chi connectivity index (χ0n) is 54.3. The molecule has 488 valence electrons. The zero-order valence-corrected chi connectivity index (χ0v) is 54.3. The lowest BCUT2D eigenvalue weighted by Crippen LogP contribution is -2.61. The van der Waals surface area contributed by atoms with Gasteiger partial charge in [-0.05, 0) is 77.0 Å². The molecule has 0 aromatic heterocycles. The molecule has 0 aromatic rings. The second kappa shape index (κ2) is 60.2. The van der Waals surface area contributed by atoms with Gasteiger partial charge in [-0.25, -0.2) is 0 Å². The van der Waals surface area contributed by atoms with Crippen LogP contribution in [-0.2, 0) is 23.8 Å². The molecule has 0 spiro atoms. The van der Waals surface area contributed by atoms with Gasteiger partial charge in [0.05, 0.1) is 25.4 Å². The van der Waals surface area contributed by atoms with E-state index in [1.807, 2.05) is 6.08 Å². The van der Waals surface area contributed by atoms with Crippen molar-refractivity contribution in [2.45, 2.75) is 397 Å². The molecule has 11 heteroatoms. The minimum Gasteiger partial charge on any atom is -0.454 e. The molecule has 1 aliphatic heterocycles. The van der Waals surface area contributed by atoms with Crippen molar-refractivity contribution in [3.8, 4) is 0 Å². The van der Waals surface area contributed by atoms with Crippen molar-refractivity contribution in [1.29, 1.82) is 0 Å². The summed E-state index contributed by atoms with van der Waals surface area (Å²) in [5, 5.41) is 57.3. The van der Waals surface area contributed by atoms with Crippen molar-refractivity contribution in [2.75, 3.05) is 13.2 Å². The number of amides is 1. The normalized spacial score (nSPS) is 18.7. The lowest BCUT2D eigenvalue weighted by molar-refractivity contribution is -0.305. The largest absolute Gasteiger partial charge is 0.454 e. The molecule has 6 N–H and O–H groups in total. The van der Waals surface area contributed by atoms with Crippen molar-refractivity contribution in [3.63, 3.8) is 0 Å². The molecular formula is C72H135NO10. The maximum atomic E-state index is 13.5. The van der Waals surface area contributed by atoms with Gasteiger partial charge in [0.15, 0.2) is 12.4 Å².